The van der Waals surface area contributed by atoms with Gasteiger partial charge in [-0.3, -0.25) is 14.4 Å². The van der Waals surface area contributed by atoms with Crippen molar-refractivity contribution in [3.63, 3.8) is 0 Å². The number of nitrogens with two attached hydrogens (primary N) is 1. The summed E-state index contributed by atoms with van der Waals surface area (Å²) in [7, 11) is 0. The number of benzene rings is 2. The van der Waals surface area contributed by atoms with Crippen LogP contribution < -0.4 is 16.4 Å². The Balaban J connectivity index is 2.14. The zero-order valence-corrected chi connectivity index (χ0v) is 16.0. The molecule has 0 aromatic heterocycles. The highest BCUT2D eigenvalue weighted by Gasteiger charge is 2.25. The number of hydrogen-bond donors (Lipinski definition) is 3. The molecular weight excluding hydrogens is 342 g/mol. The van der Waals surface area contributed by atoms with Crippen LogP contribution >= 0.6 is 0 Å². The average Bonchev–Trinajstić information content (AvgIpc) is 2.59. The maximum absolute atomic E-state index is 12.6. The predicted octanol–water partition coefficient (Wildman–Crippen LogP) is 1.90. The molecule has 0 spiro atoms. The monoisotopic (exact) mass is 369 g/mol. The Bertz CT molecular complexity index is 832. The van der Waals surface area contributed by atoms with Crippen LogP contribution in [0.4, 0.5) is 0 Å². The lowest BCUT2D eigenvalue weighted by atomic mass is 9.99. The van der Waals surface area contributed by atoms with Gasteiger partial charge in [0.2, 0.25) is 17.7 Å². The largest absolute Gasteiger partial charge is 0.368 e. The van der Waals surface area contributed by atoms with E-state index in [1.165, 1.54) is 6.92 Å². The van der Waals surface area contributed by atoms with E-state index in [9.17, 15) is 14.4 Å². The molecule has 0 saturated carbocycles. The third kappa shape index (κ3) is 6.09. The fourth-order valence-corrected chi connectivity index (χ4v) is 3.04. The molecule has 3 amide bonds. The molecule has 0 bridgehead atoms. The standard InChI is InChI=1S/C21H27N3O3/c1-13(2)10-19(23-14(3)25)21(27)24-18(20(22)26)12-15-8-9-16-6-4-5-7-17(16)11-15/h4-9,11,13,18-19H,10,12H2,1-3H3,(H2,22,26)(H,23,25)(H,24,27)/t18-,19+/m1/s1. The van der Waals surface area contributed by atoms with E-state index in [1.54, 1.807) is 0 Å². The summed E-state index contributed by atoms with van der Waals surface area (Å²) in [5.41, 5.74) is 6.41. The van der Waals surface area contributed by atoms with Gasteiger partial charge >= 0.3 is 0 Å². The van der Waals surface area contributed by atoms with Crippen LogP contribution in [-0.2, 0) is 20.8 Å². The highest BCUT2D eigenvalue weighted by atomic mass is 16.2. The van der Waals surface area contributed by atoms with Gasteiger partial charge in [-0.25, -0.2) is 0 Å². The van der Waals surface area contributed by atoms with Gasteiger partial charge in [0.1, 0.15) is 12.1 Å². The second-order valence-electron chi connectivity index (χ2n) is 7.23. The summed E-state index contributed by atoms with van der Waals surface area (Å²) >= 11 is 0. The highest BCUT2D eigenvalue weighted by Crippen LogP contribution is 2.17. The Labute approximate surface area is 159 Å². The number of carbonyl (C=O) groups is 3. The number of fused-ring (bicyclic) bond motifs is 1. The minimum atomic E-state index is -0.845. The summed E-state index contributed by atoms with van der Waals surface area (Å²) < 4.78 is 0. The van der Waals surface area contributed by atoms with Crippen LogP contribution in [0.15, 0.2) is 42.5 Å². The van der Waals surface area contributed by atoms with E-state index in [0.717, 1.165) is 16.3 Å². The summed E-state index contributed by atoms with van der Waals surface area (Å²) in [6.45, 7) is 5.28. The predicted molar refractivity (Wildman–Crippen MR) is 106 cm³/mol. The van der Waals surface area contributed by atoms with E-state index < -0.39 is 23.9 Å². The minimum Gasteiger partial charge on any atom is -0.368 e. The van der Waals surface area contributed by atoms with Crippen LogP contribution in [0, 0.1) is 5.92 Å². The molecule has 0 aliphatic carbocycles. The van der Waals surface area contributed by atoms with E-state index in [-0.39, 0.29) is 11.8 Å². The number of carbonyl (C=O) groups excluding carboxylic acids is 3. The van der Waals surface area contributed by atoms with E-state index in [2.05, 4.69) is 10.6 Å². The zero-order valence-electron chi connectivity index (χ0n) is 16.0. The van der Waals surface area contributed by atoms with E-state index in [0.29, 0.717) is 12.8 Å². The maximum Gasteiger partial charge on any atom is 0.243 e. The first-order valence-electron chi connectivity index (χ1n) is 9.10. The average molecular weight is 369 g/mol. The molecule has 4 N–H and O–H groups in total. The first-order valence-corrected chi connectivity index (χ1v) is 9.10. The van der Waals surface area contributed by atoms with Crippen molar-refractivity contribution in [3.8, 4) is 0 Å². The molecule has 0 fully saturated rings. The lowest BCUT2D eigenvalue weighted by molar-refractivity contribution is -0.131. The number of hydrogen-bond acceptors (Lipinski definition) is 3. The number of nitrogens with one attached hydrogen (secondary N) is 2. The topological polar surface area (TPSA) is 101 Å². The fraction of sp³-hybridized carbons (Fsp3) is 0.381. The molecule has 0 heterocycles. The van der Waals surface area contributed by atoms with Gasteiger partial charge in [-0.15, -0.1) is 0 Å². The van der Waals surface area contributed by atoms with Crippen LogP contribution in [0.2, 0.25) is 0 Å². The fourth-order valence-electron chi connectivity index (χ4n) is 3.04. The van der Waals surface area contributed by atoms with Gasteiger partial charge in [-0.05, 0) is 28.7 Å². The Morgan fingerprint density at radius 1 is 0.963 bits per heavy atom. The molecule has 0 aliphatic heterocycles. The van der Waals surface area contributed by atoms with E-state index in [1.807, 2.05) is 56.3 Å². The Morgan fingerprint density at radius 3 is 2.22 bits per heavy atom. The van der Waals surface area contributed by atoms with Gasteiger partial charge < -0.3 is 16.4 Å². The molecule has 2 aromatic rings. The summed E-state index contributed by atoms with van der Waals surface area (Å²) in [6.07, 6.45) is 0.771. The summed E-state index contributed by atoms with van der Waals surface area (Å²) in [6, 6.07) is 12.3. The lowest BCUT2D eigenvalue weighted by Gasteiger charge is -2.23. The number of amides is 3. The first-order chi connectivity index (χ1) is 12.8. The van der Waals surface area contributed by atoms with Gasteiger partial charge in [0.05, 0.1) is 0 Å². The Morgan fingerprint density at radius 2 is 1.63 bits per heavy atom. The minimum absolute atomic E-state index is 0.208. The molecule has 27 heavy (non-hydrogen) atoms. The van der Waals surface area contributed by atoms with Crippen LogP contribution in [-0.4, -0.2) is 29.8 Å². The van der Waals surface area contributed by atoms with Crippen LogP contribution in [0.1, 0.15) is 32.8 Å². The van der Waals surface area contributed by atoms with Gasteiger partial charge in [0, 0.05) is 13.3 Å². The van der Waals surface area contributed by atoms with E-state index >= 15 is 0 Å². The number of rotatable bonds is 8. The molecular formula is C21H27N3O3. The van der Waals surface area contributed by atoms with Crippen molar-refractivity contribution in [2.75, 3.05) is 0 Å². The van der Waals surface area contributed by atoms with Gasteiger partial charge in [0.15, 0.2) is 0 Å². The summed E-state index contributed by atoms with van der Waals surface area (Å²) in [5.74, 6) is -1.09. The van der Waals surface area contributed by atoms with Crippen LogP contribution in [0.5, 0.6) is 0 Å². The molecule has 2 atom stereocenters. The molecule has 6 heteroatoms. The molecule has 0 unspecified atom stereocenters. The quantitative estimate of drug-likeness (QED) is 0.662. The Kier molecular flexibility index (Phi) is 6.93. The van der Waals surface area contributed by atoms with Gasteiger partial charge in [-0.1, -0.05) is 56.3 Å². The zero-order chi connectivity index (χ0) is 20.0. The third-order valence-corrected chi connectivity index (χ3v) is 4.31. The van der Waals surface area contributed by atoms with Gasteiger partial charge in [-0.2, -0.15) is 0 Å². The smallest absolute Gasteiger partial charge is 0.243 e. The molecule has 6 nitrogen and oxygen atoms in total. The maximum atomic E-state index is 12.6. The van der Waals surface area contributed by atoms with Crippen LogP contribution in [0.25, 0.3) is 10.8 Å². The van der Waals surface area contributed by atoms with Crippen LogP contribution in [0.3, 0.4) is 0 Å². The lowest BCUT2D eigenvalue weighted by Crippen LogP contribution is -2.53. The molecule has 144 valence electrons. The molecule has 2 aromatic carbocycles. The SMILES string of the molecule is CC(=O)N[C@@H](CC(C)C)C(=O)N[C@H](Cc1ccc2ccccc2c1)C(N)=O. The van der Waals surface area contributed by atoms with Crippen molar-refractivity contribution in [1.82, 2.24) is 10.6 Å². The number of primary amides is 1. The van der Waals surface area contributed by atoms with Crippen molar-refractivity contribution < 1.29 is 14.4 Å². The summed E-state index contributed by atoms with van der Waals surface area (Å²) in [4.78, 5) is 35.9. The highest BCUT2D eigenvalue weighted by molar-refractivity contribution is 5.91. The second kappa shape index (κ2) is 9.16. The second-order valence-corrected chi connectivity index (χ2v) is 7.23. The third-order valence-electron chi connectivity index (χ3n) is 4.31. The van der Waals surface area contributed by atoms with Crippen molar-refractivity contribution >= 4 is 28.5 Å². The van der Waals surface area contributed by atoms with Crippen molar-refractivity contribution in [2.45, 2.75) is 45.7 Å². The molecule has 0 radical (unpaired) electrons. The summed E-state index contributed by atoms with van der Waals surface area (Å²) in [5, 5.41) is 7.49. The van der Waals surface area contributed by atoms with E-state index in [4.69, 9.17) is 5.73 Å². The Hall–Kier alpha value is -2.89. The van der Waals surface area contributed by atoms with Crippen molar-refractivity contribution in [2.24, 2.45) is 11.7 Å². The first kappa shape index (κ1) is 20.4. The van der Waals surface area contributed by atoms with Gasteiger partial charge in [0.25, 0.3) is 0 Å². The van der Waals surface area contributed by atoms with Crippen molar-refractivity contribution in [1.29, 1.82) is 0 Å². The molecule has 0 aliphatic rings. The molecule has 0 saturated heterocycles. The normalized spacial score (nSPS) is 13.2. The van der Waals surface area contributed by atoms with Crippen molar-refractivity contribution in [3.05, 3.63) is 48.0 Å². The molecule has 2 rings (SSSR count).